The molecule has 0 aromatic heterocycles. The number of hydrogen-bond donors (Lipinski definition) is 1. The minimum Gasteiger partial charge on any atom is -0.512 e. The Hall–Kier alpha value is -0.990. The van der Waals surface area contributed by atoms with E-state index in [0.717, 1.165) is 0 Å². The molecular formula is C8H15NO2. The largest absolute Gasteiger partial charge is 0.512 e. The number of amides is 1. The molecule has 1 N–H and O–H groups in total. The van der Waals surface area contributed by atoms with Gasteiger partial charge in [0, 0.05) is 26.1 Å². The maximum absolute atomic E-state index is 10.9. The summed E-state index contributed by atoms with van der Waals surface area (Å²) in [5, 5.41) is 9.16. The van der Waals surface area contributed by atoms with E-state index in [1.807, 2.05) is 13.8 Å². The topological polar surface area (TPSA) is 40.5 Å². The molecule has 0 aliphatic heterocycles. The van der Waals surface area contributed by atoms with Crippen LogP contribution in [0.25, 0.3) is 0 Å². The monoisotopic (exact) mass is 157 g/mol. The molecule has 0 aliphatic rings. The molecule has 0 rings (SSSR count). The average molecular weight is 157 g/mol. The molecule has 0 aromatic rings. The lowest BCUT2D eigenvalue weighted by atomic mass is 10.1. The van der Waals surface area contributed by atoms with Crippen LogP contribution in [0.3, 0.4) is 0 Å². The Kier molecular flexibility index (Phi) is 3.65. The first-order chi connectivity index (χ1) is 4.95. The van der Waals surface area contributed by atoms with Crippen LogP contribution < -0.4 is 0 Å². The number of aliphatic hydroxyl groups excluding tert-OH is 1. The van der Waals surface area contributed by atoms with E-state index in [9.17, 15) is 4.79 Å². The summed E-state index contributed by atoms with van der Waals surface area (Å²) in [6, 6.07) is 0. The van der Waals surface area contributed by atoms with Crippen molar-refractivity contribution in [3.63, 3.8) is 0 Å². The first-order valence-corrected chi connectivity index (χ1v) is 3.57. The average Bonchev–Trinajstić information content (AvgIpc) is 1.87. The standard InChI is InChI=1S/C8H15NO2/c1-6(2)7(10)5-8(11)9(3)4/h5-6,10H,1-4H3/b7-5-. The summed E-state index contributed by atoms with van der Waals surface area (Å²) in [5.41, 5.74) is 0. The highest BCUT2D eigenvalue weighted by atomic mass is 16.3. The van der Waals surface area contributed by atoms with Crippen LogP contribution in [0.1, 0.15) is 13.8 Å². The SMILES string of the molecule is CC(C)/C(O)=C/C(=O)N(C)C. The number of carbonyl (C=O) groups excluding carboxylic acids is 1. The third-order valence-electron chi connectivity index (χ3n) is 1.30. The molecule has 0 aliphatic carbocycles. The number of carbonyl (C=O) groups is 1. The van der Waals surface area contributed by atoms with Crippen LogP contribution in [-0.2, 0) is 4.79 Å². The normalized spacial score (nSPS) is 11.9. The number of rotatable bonds is 2. The summed E-state index contributed by atoms with van der Waals surface area (Å²) in [6.45, 7) is 3.66. The molecule has 0 radical (unpaired) electrons. The molecule has 0 saturated heterocycles. The molecule has 0 atom stereocenters. The highest BCUT2D eigenvalue weighted by Crippen LogP contribution is 2.04. The highest BCUT2D eigenvalue weighted by Gasteiger charge is 2.04. The third kappa shape index (κ3) is 3.65. The molecule has 3 nitrogen and oxygen atoms in total. The van der Waals surface area contributed by atoms with Gasteiger partial charge in [0.25, 0.3) is 0 Å². The predicted molar refractivity (Wildman–Crippen MR) is 44.2 cm³/mol. The van der Waals surface area contributed by atoms with Gasteiger partial charge < -0.3 is 10.0 Å². The van der Waals surface area contributed by atoms with Crippen molar-refractivity contribution >= 4 is 5.91 Å². The van der Waals surface area contributed by atoms with E-state index < -0.39 is 0 Å². The fourth-order valence-electron chi connectivity index (χ4n) is 0.422. The first kappa shape index (κ1) is 10.0. The van der Waals surface area contributed by atoms with Crippen molar-refractivity contribution in [1.82, 2.24) is 4.90 Å². The minimum atomic E-state index is -0.184. The van der Waals surface area contributed by atoms with Crippen LogP contribution in [0.5, 0.6) is 0 Å². The van der Waals surface area contributed by atoms with E-state index in [2.05, 4.69) is 0 Å². The van der Waals surface area contributed by atoms with Crippen molar-refractivity contribution in [2.24, 2.45) is 5.92 Å². The summed E-state index contributed by atoms with van der Waals surface area (Å²) < 4.78 is 0. The molecule has 0 bridgehead atoms. The quantitative estimate of drug-likeness (QED) is 0.483. The van der Waals surface area contributed by atoms with E-state index in [-0.39, 0.29) is 17.6 Å². The van der Waals surface area contributed by atoms with E-state index in [1.54, 1.807) is 14.1 Å². The van der Waals surface area contributed by atoms with Gasteiger partial charge >= 0.3 is 0 Å². The summed E-state index contributed by atoms with van der Waals surface area (Å²) in [7, 11) is 3.29. The van der Waals surface area contributed by atoms with Crippen molar-refractivity contribution in [1.29, 1.82) is 0 Å². The van der Waals surface area contributed by atoms with Gasteiger partial charge in [-0.05, 0) is 0 Å². The molecule has 0 heterocycles. The van der Waals surface area contributed by atoms with Gasteiger partial charge in [-0.25, -0.2) is 0 Å². The lowest BCUT2D eigenvalue weighted by molar-refractivity contribution is -0.123. The zero-order chi connectivity index (χ0) is 9.02. The number of hydrogen-bond acceptors (Lipinski definition) is 2. The van der Waals surface area contributed by atoms with Gasteiger partial charge in [-0.15, -0.1) is 0 Å². The van der Waals surface area contributed by atoms with Gasteiger partial charge in [0.05, 0.1) is 0 Å². The zero-order valence-corrected chi connectivity index (χ0v) is 7.46. The molecule has 0 unspecified atom stereocenters. The maximum Gasteiger partial charge on any atom is 0.249 e. The molecule has 0 spiro atoms. The van der Waals surface area contributed by atoms with Gasteiger partial charge in [-0.2, -0.15) is 0 Å². The van der Waals surface area contributed by atoms with Crippen LogP contribution in [0.2, 0.25) is 0 Å². The summed E-state index contributed by atoms with van der Waals surface area (Å²) >= 11 is 0. The van der Waals surface area contributed by atoms with Crippen molar-refractivity contribution in [2.45, 2.75) is 13.8 Å². The molecule has 0 fully saturated rings. The highest BCUT2D eigenvalue weighted by molar-refractivity contribution is 5.87. The molecule has 3 heteroatoms. The Morgan fingerprint density at radius 1 is 1.45 bits per heavy atom. The Bertz CT molecular complexity index is 171. The Labute approximate surface area is 67.3 Å². The molecule has 64 valence electrons. The smallest absolute Gasteiger partial charge is 0.249 e. The van der Waals surface area contributed by atoms with Gasteiger partial charge in [0.15, 0.2) is 0 Å². The van der Waals surface area contributed by atoms with Crippen LogP contribution in [0, 0.1) is 5.92 Å². The van der Waals surface area contributed by atoms with E-state index in [1.165, 1.54) is 11.0 Å². The molecular weight excluding hydrogens is 142 g/mol. The minimum absolute atomic E-state index is 0.0129. The number of nitrogens with zero attached hydrogens (tertiary/aromatic N) is 1. The third-order valence-corrected chi connectivity index (χ3v) is 1.30. The summed E-state index contributed by atoms with van der Waals surface area (Å²) in [4.78, 5) is 12.4. The second-order valence-corrected chi connectivity index (χ2v) is 2.96. The van der Waals surface area contributed by atoms with Crippen molar-refractivity contribution in [3.8, 4) is 0 Å². The first-order valence-electron chi connectivity index (χ1n) is 3.57. The lowest BCUT2D eigenvalue weighted by Gasteiger charge is -2.08. The predicted octanol–water partition coefficient (Wildman–Crippen LogP) is 1.17. The van der Waals surface area contributed by atoms with Gasteiger partial charge in [0.2, 0.25) is 5.91 Å². The second kappa shape index (κ2) is 4.01. The van der Waals surface area contributed by atoms with Crippen LogP contribution in [-0.4, -0.2) is 30.0 Å². The van der Waals surface area contributed by atoms with Gasteiger partial charge in [-0.1, -0.05) is 13.8 Å². The van der Waals surface area contributed by atoms with Gasteiger partial charge in [0.1, 0.15) is 5.76 Å². The fraction of sp³-hybridized carbons (Fsp3) is 0.625. The Morgan fingerprint density at radius 2 is 1.91 bits per heavy atom. The van der Waals surface area contributed by atoms with Crippen molar-refractivity contribution < 1.29 is 9.90 Å². The molecule has 0 aromatic carbocycles. The Morgan fingerprint density at radius 3 is 2.18 bits per heavy atom. The second-order valence-electron chi connectivity index (χ2n) is 2.96. The zero-order valence-electron chi connectivity index (χ0n) is 7.46. The number of allylic oxidation sites excluding steroid dienone is 1. The van der Waals surface area contributed by atoms with Crippen LogP contribution in [0.15, 0.2) is 11.8 Å². The summed E-state index contributed by atoms with van der Waals surface area (Å²) in [6.07, 6.45) is 1.24. The lowest BCUT2D eigenvalue weighted by Crippen LogP contribution is -2.20. The van der Waals surface area contributed by atoms with E-state index in [0.29, 0.717) is 0 Å². The molecule has 0 saturated carbocycles. The van der Waals surface area contributed by atoms with Crippen molar-refractivity contribution in [3.05, 3.63) is 11.8 Å². The van der Waals surface area contributed by atoms with Gasteiger partial charge in [-0.3, -0.25) is 4.79 Å². The molecule has 1 amide bonds. The van der Waals surface area contributed by atoms with Crippen LogP contribution in [0.4, 0.5) is 0 Å². The number of likely N-dealkylation sites (N-methyl/N-ethyl adjacent to an activating group) is 1. The van der Waals surface area contributed by atoms with Crippen molar-refractivity contribution in [2.75, 3.05) is 14.1 Å². The fourth-order valence-corrected chi connectivity index (χ4v) is 0.422. The maximum atomic E-state index is 10.9. The summed E-state index contributed by atoms with van der Waals surface area (Å²) in [5.74, 6) is -0.0428. The number of aliphatic hydroxyl groups is 1. The van der Waals surface area contributed by atoms with E-state index in [4.69, 9.17) is 5.11 Å². The molecule has 11 heavy (non-hydrogen) atoms. The van der Waals surface area contributed by atoms with Crippen LogP contribution >= 0.6 is 0 Å². The Balaban J connectivity index is 4.20. The van der Waals surface area contributed by atoms with E-state index >= 15 is 0 Å².